The first-order valence-electron chi connectivity index (χ1n) is 8.30. The van der Waals surface area contributed by atoms with E-state index in [1.54, 1.807) is 0 Å². The number of aromatic nitrogens is 3. The Morgan fingerprint density at radius 2 is 1.75 bits per heavy atom. The lowest BCUT2D eigenvalue weighted by atomic mass is 10.1. The van der Waals surface area contributed by atoms with Gasteiger partial charge < -0.3 is 0 Å². The Labute approximate surface area is 165 Å². The minimum absolute atomic E-state index is 0.188. The Balaban J connectivity index is 1.95. The zero-order chi connectivity index (χ0) is 20.1. The summed E-state index contributed by atoms with van der Waals surface area (Å²) < 4.78 is 41.3. The Morgan fingerprint density at radius 3 is 2.43 bits per heavy atom. The molecule has 0 saturated heterocycles. The summed E-state index contributed by atoms with van der Waals surface area (Å²) in [5.74, 6) is 0. The van der Waals surface area contributed by atoms with Gasteiger partial charge in [-0.1, -0.05) is 40.2 Å². The number of aromatic amines is 1. The van der Waals surface area contributed by atoms with E-state index in [2.05, 4.69) is 26.0 Å². The molecule has 0 atom stereocenters. The summed E-state index contributed by atoms with van der Waals surface area (Å²) in [6.07, 6.45) is -4.47. The molecule has 2 heterocycles. The third-order valence-electron chi connectivity index (χ3n) is 4.42. The number of halogens is 4. The second-order valence-corrected chi connectivity index (χ2v) is 7.25. The number of aryl methyl sites for hydroxylation is 1. The van der Waals surface area contributed by atoms with E-state index in [0.717, 1.165) is 33.4 Å². The Kier molecular flexibility index (Phi) is 4.38. The van der Waals surface area contributed by atoms with Gasteiger partial charge in [-0.2, -0.15) is 13.2 Å². The van der Waals surface area contributed by atoms with Crippen LogP contribution in [0.15, 0.2) is 63.9 Å². The van der Waals surface area contributed by atoms with E-state index in [9.17, 15) is 18.0 Å². The van der Waals surface area contributed by atoms with Crippen LogP contribution in [0.2, 0.25) is 0 Å². The van der Waals surface area contributed by atoms with Crippen LogP contribution in [-0.4, -0.2) is 14.6 Å². The van der Waals surface area contributed by atoms with Gasteiger partial charge >= 0.3 is 6.18 Å². The average Bonchev–Trinajstić information content (AvgIpc) is 2.98. The highest BCUT2D eigenvalue weighted by atomic mass is 79.9. The maximum absolute atomic E-state index is 13.0. The summed E-state index contributed by atoms with van der Waals surface area (Å²) in [6, 6.07) is 13.5. The molecule has 28 heavy (non-hydrogen) atoms. The molecule has 4 aromatic rings. The number of nitrogens with one attached hydrogen (secondary N) is 1. The fourth-order valence-electron chi connectivity index (χ4n) is 3.11. The van der Waals surface area contributed by atoms with Crippen molar-refractivity contribution < 1.29 is 13.2 Å². The molecule has 0 bridgehead atoms. The van der Waals surface area contributed by atoms with Crippen molar-refractivity contribution in [3.63, 3.8) is 0 Å². The predicted molar refractivity (Wildman–Crippen MR) is 104 cm³/mol. The highest BCUT2D eigenvalue weighted by molar-refractivity contribution is 9.10. The van der Waals surface area contributed by atoms with E-state index in [1.165, 1.54) is 22.7 Å². The van der Waals surface area contributed by atoms with Crippen molar-refractivity contribution in [3.05, 3.63) is 80.7 Å². The first kappa shape index (κ1) is 18.5. The first-order chi connectivity index (χ1) is 13.2. The van der Waals surface area contributed by atoms with Crippen LogP contribution < -0.4 is 5.56 Å². The molecular weight excluding hydrogens is 435 g/mol. The number of nitrogens with zero attached hydrogens (tertiary/aromatic N) is 2. The van der Waals surface area contributed by atoms with E-state index in [4.69, 9.17) is 0 Å². The summed E-state index contributed by atoms with van der Waals surface area (Å²) >= 11 is 3.38. The molecule has 4 rings (SSSR count). The highest BCUT2D eigenvalue weighted by Gasteiger charge is 2.30. The van der Waals surface area contributed by atoms with Gasteiger partial charge in [0.1, 0.15) is 0 Å². The summed E-state index contributed by atoms with van der Waals surface area (Å²) in [6.45, 7) is 1.81. The van der Waals surface area contributed by atoms with E-state index < -0.39 is 17.3 Å². The van der Waals surface area contributed by atoms with Crippen molar-refractivity contribution in [2.24, 2.45) is 0 Å². The highest BCUT2D eigenvalue weighted by Crippen LogP contribution is 2.32. The zero-order valence-electron chi connectivity index (χ0n) is 14.5. The van der Waals surface area contributed by atoms with Crippen LogP contribution >= 0.6 is 15.9 Å². The van der Waals surface area contributed by atoms with Gasteiger partial charge in [-0.15, -0.1) is 0 Å². The largest absolute Gasteiger partial charge is 0.416 e. The molecule has 0 amide bonds. The van der Waals surface area contributed by atoms with Crippen LogP contribution in [0.25, 0.3) is 28.0 Å². The van der Waals surface area contributed by atoms with Crippen molar-refractivity contribution in [2.45, 2.75) is 13.1 Å². The van der Waals surface area contributed by atoms with Crippen molar-refractivity contribution >= 4 is 21.6 Å². The van der Waals surface area contributed by atoms with Gasteiger partial charge in [0.15, 0.2) is 5.65 Å². The lowest BCUT2D eigenvalue weighted by Gasteiger charge is -2.09. The van der Waals surface area contributed by atoms with Gasteiger partial charge in [0.2, 0.25) is 0 Å². The predicted octanol–water partition coefficient (Wildman–Crippen LogP) is 5.45. The molecule has 0 aliphatic rings. The second kappa shape index (κ2) is 6.63. The SMILES string of the molecule is Cc1[nH]n2c(=O)cc(-c3cccc(C(F)(F)F)c3)nc2c1-c1ccc(Br)cc1. The minimum atomic E-state index is -4.47. The molecule has 142 valence electrons. The second-order valence-electron chi connectivity index (χ2n) is 6.34. The third kappa shape index (κ3) is 3.24. The van der Waals surface area contributed by atoms with Crippen LogP contribution in [0, 0.1) is 6.92 Å². The summed E-state index contributed by atoms with van der Waals surface area (Å²) in [4.78, 5) is 17.1. The standard InChI is InChI=1S/C20H13BrF3N3O/c1-11-18(12-5-7-15(21)8-6-12)19-25-16(10-17(28)27(19)26-11)13-3-2-4-14(9-13)20(22,23)24/h2-10,26H,1H3. The molecular formula is C20H13BrF3N3O. The normalized spacial score (nSPS) is 11.9. The number of benzene rings is 2. The quantitative estimate of drug-likeness (QED) is 0.444. The molecule has 0 fully saturated rings. The molecule has 0 unspecified atom stereocenters. The lowest BCUT2D eigenvalue weighted by Crippen LogP contribution is -2.14. The lowest BCUT2D eigenvalue weighted by molar-refractivity contribution is -0.137. The molecule has 2 aromatic heterocycles. The van der Waals surface area contributed by atoms with E-state index in [0.29, 0.717) is 5.65 Å². The van der Waals surface area contributed by atoms with Gasteiger partial charge in [-0.3, -0.25) is 9.89 Å². The topological polar surface area (TPSA) is 50.2 Å². The molecule has 0 aliphatic heterocycles. The molecule has 4 nitrogen and oxygen atoms in total. The van der Waals surface area contributed by atoms with E-state index in [-0.39, 0.29) is 11.3 Å². The maximum atomic E-state index is 13.0. The monoisotopic (exact) mass is 447 g/mol. The average molecular weight is 448 g/mol. The fraction of sp³-hybridized carbons (Fsp3) is 0.100. The smallest absolute Gasteiger partial charge is 0.293 e. The van der Waals surface area contributed by atoms with Crippen molar-refractivity contribution in [3.8, 4) is 22.4 Å². The van der Waals surface area contributed by atoms with Crippen LogP contribution in [0.1, 0.15) is 11.3 Å². The number of hydrogen-bond acceptors (Lipinski definition) is 2. The third-order valence-corrected chi connectivity index (χ3v) is 4.94. The van der Waals surface area contributed by atoms with Crippen molar-refractivity contribution in [1.82, 2.24) is 14.6 Å². The van der Waals surface area contributed by atoms with Gasteiger partial charge in [-0.05, 0) is 36.8 Å². The van der Waals surface area contributed by atoms with Gasteiger partial charge in [0.05, 0.1) is 11.3 Å². The molecule has 8 heteroatoms. The van der Waals surface area contributed by atoms with E-state index in [1.807, 2.05) is 31.2 Å². The van der Waals surface area contributed by atoms with Gasteiger partial charge in [-0.25, -0.2) is 9.50 Å². The van der Waals surface area contributed by atoms with Crippen LogP contribution in [0.5, 0.6) is 0 Å². The summed E-state index contributed by atoms with van der Waals surface area (Å²) in [5, 5.41) is 2.97. The summed E-state index contributed by atoms with van der Waals surface area (Å²) in [5.41, 5.74) is 1.89. The molecule has 0 saturated carbocycles. The summed E-state index contributed by atoms with van der Waals surface area (Å²) in [7, 11) is 0. The van der Waals surface area contributed by atoms with E-state index >= 15 is 0 Å². The molecule has 0 aliphatic carbocycles. The maximum Gasteiger partial charge on any atom is 0.416 e. The Morgan fingerprint density at radius 1 is 1.04 bits per heavy atom. The van der Waals surface area contributed by atoms with Crippen LogP contribution in [0.3, 0.4) is 0 Å². The zero-order valence-corrected chi connectivity index (χ0v) is 16.1. The molecule has 2 aromatic carbocycles. The minimum Gasteiger partial charge on any atom is -0.293 e. The number of hydrogen-bond donors (Lipinski definition) is 1. The van der Waals surface area contributed by atoms with Gasteiger partial charge in [0, 0.05) is 27.4 Å². The van der Waals surface area contributed by atoms with Crippen molar-refractivity contribution in [2.75, 3.05) is 0 Å². The van der Waals surface area contributed by atoms with Crippen LogP contribution in [-0.2, 0) is 6.18 Å². The molecule has 0 radical (unpaired) electrons. The number of rotatable bonds is 2. The fourth-order valence-corrected chi connectivity index (χ4v) is 3.38. The Bertz CT molecular complexity index is 1240. The Hall–Kier alpha value is -2.87. The van der Waals surface area contributed by atoms with Crippen LogP contribution in [0.4, 0.5) is 13.2 Å². The number of fused-ring (bicyclic) bond motifs is 1. The first-order valence-corrected chi connectivity index (χ1v) is 9.09. The molecule has 1 N–H and O–H groups in total. The van der Waals surface area contributed by atoms with Gasteiger partial charge in [0.25, 0.3) is 5.56 Å². The number of H-pyrrole nitrogens is 1. The number of alkyl halides is 3. The molecule has 0 spiro atoms. The van der Waals surface area contributed by atoms with Crippen molar-refractivity contribution in [1.29, 1.82) is 0 Å².